The number of carbonyl (C=O) groups excluding carboxylic acids is 1. The van der Waals surface area contributed by atoms with Crippen LogP contribution in [0, 0.1) is 0 Å². The van der Waals surface area contributed by atoms with E-state index in [0.717, 1.165) is 25.2 Å². The fraction of sp³-hybridized carbons (Fsp3) is 0.538. The molecule has 1 saturated heterocycles. The van der Waals surface area contributed by atoms with Gasteiger partial charge >= 0.3 is 5.97 Å². The summed E-state index contributed by atoms with van der Waals surface area (Å²) in [7, 11) is 1.58. The molecular formula is C13H18N2O3. The molecular weight excluding hydrogens is 232 g/mol. The maximum Gasteiger partial charge on any atom is 0.328 e. The van der Waals surface area contributed by atoms with Crippen LogP contribution in [0.25, 0.3) is 0 Å². The van der Waals surface area contributed by atoms with Crippen molar-refractivity contribution in [1.29, 1.82) is 0 Å². The van der Waals surface area contributed by atoms with Crippen LogP contribution in [0.1, 0.15) is 19.8 Å². The Morgan fingerprint density at radius 1 is 1.56 bits per heavy atom. The number of anilines is 1. The summed E-state index contributed by atoms with van der Waals surface area (Å²) in [6, 6.07) is 5.34. The van der Waals surface area contributed by atoms with Gasteiger partial charge in [0.2, 0.25) is 5.88 Å². The zero-order valence-corrected chi connectivity index (χ0v) is 10.8. The standard InChI is InChI=1S/C13H18N2O3/c1-3-18-13(16)10-6-5-9-15(10)11-7-4-8-12(14-11)17-2/h4,7-8,10H,3,5-6,9H2,1-2H3. The van der Waals surface area contributed by atoms with Crippen molar-refractivity contribution in [2.75, 3.05) is 25.2 Å². The maximum absolute atomic E-state index is 11.9. The molecule has 1 aromatic heterocycles. The predicted molar refractivity (Wildman–Crippen MR) is 67.8 cm³/mol. The number of aromatic nitrogens is 1. The third-order valence-corrected chi connectivity index (χ3v) is 3.02. The first-order valence-electron chi connectivity index (χ1n) is 6.20. The second-order valence-corrected chi connectivity index (χ2v) is 4.14. The molecule has 0 saturated carbocycles. The number of esters is 1. The maximum atomic E-state index is 11.9. The van der Waals surface area contributed by atoms with Crippen LogP contribution in [-0.4, -0.2) is 37.3 Å². The van der Waals surface area contributed by atoms with Gasteiger partial charge in [-0.15, -0.1) is 0 Å². The lowest BCUT2D eigenvalue weighted by atomic mass is 10.2. The quantitative estimate of drug-likeness (QED) is 0.760. The molecule has 2 rings (SSSR count). The fourth-order valence-corrected chi connectivity index (χ4v) is 2.20. The van der Waals surface area contributed by atoms with E-state index in [4.69, 9.17) is 9.47 Å². The highest BCUT2D eigenvalue weighted by molar-refractivity contribution is 5.80. The van der Waals surface area contributed by atoms with E-state index in [-0.39, 0.29) is 12.0 Å². The van der Waals surface area contributed by atoms with Gasteiger partial charge in [0, 0.05) is 12.6 Å². The molecule has 0 aromatic carbocycles. The van der Waals surface area contributed by atoms with Crippen LogP contribution in [-0.2, 0) is 9.53 Å². The van der Waals surface area contributed by atoms with E-state index in [9.17, 15) is 4.79 Å². The summed E-state index contributed by atoms with van der Waals surface area (Å²) < 4.78 is 10.2. The summed E-state index contributed by atoms with van der Waals surface area (Å²) in [4.78, 5) is 18.2. The normalized spacial score (nSPS) is 18.8. The molecule has 5 nitrogen and oxygen atoms in total. The second kappa shape index (κ2) is 5.71. The van der Waals surface area contributed by atoms with E-state index in [1.165, 1.54) is 0 Å². The van der Waals surface area contributed by atoms with Crippen molar-refractivity contribution in [2.45, 2.75) is 25.8 Å². The molecule has 0 N–H and O–H groups in total. The van der Waals surface area contributed by atoms with E-state index in [1.54, 1.807) is 13.2 Å². The molecule has 0 amide bonds. The average Bonchev–Trinajstić information content (AvgIpc) is 2.88. The van der Waals surface area contributed by atoms with Gasteiger partial charge in [0.1, 0.15) is 11.9 Å². The lowest BCUT2D eigenvalue weighted by Crippen LogP contribution is -2.37. The Hall–Kier alpha value is -1.78. The summed E-state index contributed by atoms with van der Waals surface area (Å²) in [6.07, 6.45) is 1.79. The monoisotopic (exact) mass is 250 g/mol. The highest BCUT2D eigenvalue weighted by atomic mass is 16.5. The van der Waals surface area contributed by atoms with Crippen LogP contribution in [0.2, 0.25) is 0 Å². The van der Waals surface area contributed by atoms with Crippen molar-refractivity contribution in [2.24, 2.45) is 0 Å². The van der Waals surface area contributed by atoms with E-state index < -0.39 is 0 Å². The summed E-state index contributed by atoms with van der Waals surface area (Å²) in [6.45, 7) is 3.05. The first-order valence-corrected chi connectivity index (χ1v) is 6.20. The van der Waals surface area contributed by atoms with Gasteiger partial charge in [-0.2, -0.15) is 4.98 Å². The highest BCUT2D eigenvalue weighted by Crippen LogP contribution is 2.26. The number of hydrogen-bond donors (Lipinski definition) is 0. The molecule has 1 aliphatic rings. The molecule has 5 heteroatoms. The fourth-order valence-electron chi connectivity index (χ4n) is 2.20. The van der Waals surface area contributed by atoms with Crippen LogP contribution < -0.4 is 9.64 Å². The Morgan fingerprint density at radius 3 is 3.11 bits per heavy atom. The smallest absolute Gasteiger partial charge is 0.328 e. The summed E-state index contributed by atoms with van der Waals surface area (Å²) in [5, 5.41) is 0. The minimum atomic E-state index is -0.218. The minimum Gasteiger partial charge on any atom is -0.481 e. The van der Waals surface area contributed by atoms with E-state index in [1.807, 2.05) is 24.0 Å². The molecule has 0 aliphatic carbocycles. The van der Waals surface area contributed by atoms with Crippen LogP contribution in [0.4, 0.5) is 5.82 Å². The Bertz CT molecular complexity index is 422. The molecule has 98 valence electrons. The molecule has 0 spiro atoms. The third-order valence-electron chi connectivity index (χ3n) is 3.02. The lowest BCUT2D eigenvalue weighted by Gasteiger charge is -2.24. The van der Waals surface area contributed by atoms with E-state index in [0.29, 0.717) is 12.5 Å². The van der Waals surface area contributed by atoms with Gasteiger partial charge in [0.25, 0.3) is 0 Å². The molecule has 18 heavy (non-hydrogen) atoms. The molecule has 1 atom stereocenters. The number of carbonyl (C=O) groups is 1. The first kappa shape index (κ1) is 12.7. The average molecular weight is 250 g/mol. The topological polar surface area (TPSA) is 51.7 Å². The molecule has 0 bridgehead atoms. The van der Waals surface area contributed by atoms with Gasteiger partial charge in [-0.1, -0.05) is 6.07 Å². The Morgan fingerprint density at radius 2 is 2.39 bits per heavy atom. The molecule has 0 radical (unpaired) electrons. The summed E-state index contributed by atoms with van der Waals surface area (Å²) >= 11 is 0. The number of nitrogens with zero attached hydrogens (tertiary/aromatic N) is 2. The highest BCUT2D eigenvalue weighted by Gasteiger charge is 2.32. The van der Waals surface area contributed by atoms with Crippen molar-refractivity contribution in [3.63, 3.8) is 0 Å². The molecule has 1 aliphatic heterocycles. The van der Waals surface area contributed by atoms with Gasteiger partial charge in [-0.05, 0) is 25.8 Å². The number of ether oxygens (including phenoxy) is 2. The van der Waals surface area contributed by atoms with Gasteiger partial charge < -0.3 is 14.4 Å². The van der Waals surface area contributed by atoms with Crippen molar-refractivity contribution in [3.8, 4) is 5.88 Å². The zero-order valence-electron chi connectivity index (χ0n) is 10.8. The van der Waals surface area contributed by atoms with Crippen molar-refractivity contribution < 1.29 is 14.3 Å². The first-order chi connectivity index (χ1) is 8.76. The number of rotatable bonds is 4. The van der Waals surface area contributed by atoms with Crippen molar-refractivity contribution >= 4 is 11.8 Å². The van der Waals surface area contributed by atoms with Crippen molar-refractivity contribution in [1.82, 2.24) is 4.98 Å². The predicted octanol–water partition coefficient (Wildman–Crippen LogP) is 1.62. The van der Waals surface area contributed by atoms with Gasteiger partial charge in [0.05, 0.1) is 13.7 Å². The largest absolute Gasteiger partial charge is 0.481 e. The van der Waals surface area contributed by atoms with Crippen molar-refractivity contribution in [3.05, 3.63) is 18.2 Å². The number of pyridine rings is 1. The Labute approximate surface area is 107 Å². The third kappa shape index (κ3) is 2.55. The van der Waals surface area contributed by atoms with E-state index >= 15 is 0 Å². The summed E-state index contributed by atoms with van der Waals surface area (Å²) in [5.74, 6) is 1.16. The van der Waals surface area contributed by atoms with Crippen LogP contribution in [0.3, 0.4) is 0 Å². The number of hydrogen-bond acceptors (Lipinski definition) is 5. The van der Waals surface area contributed by atoms with Crippen LogP contribution in [0.15, 0.2) is 18.2 Å². The molecule has 1 aromatic rings. The van der Waals surface area contributed by atoms with Gasteiger partial charge in [-0.3, -0.25) is 0 Å². The Balaban J connectivity index is 2.17. The van der Waals surface area contributed by atoms with Crippen LogP contribution in [0.5, 0.6) is 5.88 Å². The SMILES string of the molecule is CCOC(=O)C1CCCN1c1cccc(OC)n1. The molecule has 1 unspecified atom stereocenters. The van der Waals surface area contributed by atoms with Gasteiger partial charge in [-0.25, -0.2) is 4.79 Å². The minimum absolute atomic E-state index is 0.167. The molecule has 1 fully saturated rings. The van der Waals surface area contributed by atoms with E-state index in [2.05, 4.69) is 4.98 Å². The number of methoxy groups -OCH3 is 1. The van der Waals surface area contributed by atoms with Crippen LogP contribution >= 0.6 is 0 Å². The lowest BCUT2D eigenvalue weighted by molar-refractivity contribution is -0.144. The summed E-state index contributed by atoms with van der Waals surface area (Å²) in [5.41, 5.74) is 0. The Kier molecular flexibility index (Phi) is 4.02. The second-order valence-electron chi connectivity index (χ2n) is 4.14. The molecule has 2 heterocycles. The van der Waals surface area contributed by atoms with Gasteiger partial charge in [0.15, 0.2) is 0 Å². The zero-order chi connectivity index (χ0) is 13.0.